The van der Waals surface area contributed by atoms with Gasteiger partial charge in [-0.25, -0.2) is 11.1 Å². The minimum atomic E-state index is -1.26. The van der Waals surface area contributed by atoms with Crippen LogP contribution in [0.3, 0.4) is 0 Å². The van der Waals surface area contributed by atoms with Crippen molar-refractivity contribution in [2.45, 2.75) is 133 Å². The first-order valence-corrected chi connectivity index (χ1v) is 28.5. The average molecular weight is 1120 g/mol. The van der Waals surface area contributed by atoms with E-state index in [1.165, 1.54) is 0 Å². The van der Waals surface area contributed by atoms with Crippen LogP contribution in [0.2, 0.25) is 0 Å². The highest BCUT2D eigenvalue weighted by Crippen LogP contribution is 2.17. The van der Waals surface area contributed by atoms with Gasteiger partial charge >= 0.3 is 0 Å². The normalized spacial score (nSPS) is 14.3. The van der Waals surface area contributed by atoms with E-state index in [9.17, 15) is 0 Å². The third-order valence-corrected chi connectivity index (χ3v) is 10.8. The lowest BCUT2D eigenvalue weighted by Crippen LogP contribution is -2.55. The third-order valence-electron chi connectivity index (χ3n) is 10.8. The number of nitrogens with two attached hydrogens (primary N) is 2. The van der Waals surface area contributed by atoms with Gasteiger partial charge in [-0.15, -0.1) is 0 Å². The molecule has 0 aromatic carbocycles. The van der Waals surface area contributed by atoms with Crippen LogP contribution in [0.25, 0.3) is 0 Å². The Balaban J connectivity index is 6.86. The largest absolute Gasteiger partial charge is 0.399 e. The zero-order valence-electron chi connectivity index (χ0n) is 51.7. The van der Waals surface area contributed by atoms with Crippen molar-refractivity contribution in [1.82, 2.24) is 16.0 Å². The molecule has 0 bridgehead atoms. The maximum Gasteiger partial charge on any atom is 0.107 e. The van der Waals surface area contributed by atoms with Gasteiger partial charge in [0.15, 0.2) is 0 Å². The first-order valence-electron chi connectivity index (χ1n) is 28.5. The van der Waals surface area contributed by atoms with Gasteiger partial charge in [0.25, 0.3) is 0 Å². The number of nitrogens with one attached hydrogen (secondary N) is 5. The van der Waals surface area contributed by atoms with E-state index in [4.69, 9.17) is 79.4 Å². The summed E-state index contributed by atoms with van der Waals surface area (Å²) >= 11 is 0. The highest BCUT2D eigenvalue weighted by molar-refractivity contribution is 5.06. The van der Waals surface area contributed by atoms with E-state index < -0.39 is 22.2 Å². The monoisotopic (exact) mass is 1120 g/mol. The van der Waals surface area contributed by atoms with Crippen LogP contribution in [0.15, 0.2) is 45.9 Å². The molecule has 0 heterocycles. The minimum Gasteiger partial charge on any atom is -0.399 e. The number of hydrogen-bond donors (Lipinski definition) is 7. The molecule has 0 aliphatic carbocycles. The van der Waals surface area contributed by atoms with Crippen molar-refractivity contribution >= 4 is 0 Å². The molecule has 0 saturated carbocycles. The average Bonchev–Trinajstić information content (AvgIpc) is 3.35. The number of hydrogen-bond acceptors (Lipinski definition) is 21. The number of ether oxygens (including phenoxy) is 12. The van der Waals surface area contributed by atoms with Crippen LogP contribution in [0, 0.1) is 52.5 Å². The van der Waals surface area contributed by atoms with Gasteiger partial charge in [0.05, 0.1) is 110 Å². The highest BCUT2D eigenvalue weighted by atomic mass is 16.5. The van der Waals surface area contributed by atoms with Gasteiger partial charge in [0.1, 0.15) is 28.0 Å². The molecule has 0 radical (unpaired) electrons. The zero-order valence-corrected chi connectivity index (χ0v) is 51.7. The summed E-state index contributed by atoms with van der Waals surface area (Å²) in [5.41, 5.74) is 27.4. The molecule has 1 atom stereocenters. The second-order valence-electron chi connectivity index (χ2n) is 24.0. The van der Waals surface area contributed by atoms with Crippen molar-refractivity contribution in [3.05, 3.63) is 35.7 Å². The van der Waals surface area contributed by atoms with Gasteiger partial charge in [0.2, 0.25) is 0 Å². The fourth-order valence-electron chi connectivity index (χ4n) is 6.96. The molecular formula is C57H115N9O12. The molecule has 0 fully saturated rings. The topological polar surface area (TPSA) is 271 Å². The SMILES string of the molecule is CCOCC(COCC(C)C)(COCC(C)C)N/C=C(\N)COCC(N)(COC/C(=C/NC(COCC)(COCC(C)C)COCC(C)C)N=N)COC/C(=C/NC(COCC(C)C)(COCC(C)C)COCC(C)C)N=N. The Hall–Kier alpha value is -2.90. The molecule has 21 heteroatoms. The van der Waals surface area contributed by atoms with Gasteiger partial charge in [-0.1, -0.05) is 96.9 Å². The van der Waals surface area contributed by atoms with Gasteiger partial charge in [-0.3, -0.25) is 0 Å². The Morgan fingerprint density at radius 1 is 0.372 bits per heavy atom. The van der Waals surface area contributed by atoms with Gasteiger partial charge in [-0.2, -0.15) is 10.2 Å². The van der Waals surface area contributed by atoms with Crippen molar-refractivity contribution < 1.29 is 56.8 Å². The molecule has 1 unspecified atom stereocenters. The maximum atomic E-state index is 8.14. The van der Waals surface area contributed by atoms with E-state index >= 15 is 0 Å². The van der Waals surface area contributed by atoms with Crippen LogP contribution < -0.4 is 27.4 Å². The van der Waals surface area contributed by atoms with Crippen LogP contribution in [0.5, 0.6) is 0 Å². The number of nitrogens with zero attached hydrogens (tertiary/aromatic N) is 2. The minimum absolute atomic E-state index is 0.00299. The summed E-state index contributed by atoms with van der Waals surface area (Å²) in [6.45, 7) is 40.6. The molecule has 21 nitrogen and oxygen atoms in total. The molecule has 0 amide bonds. The van der Waals surface area contributed by atoms with Crippen molar-refractivity contribution in [3.8, 4) is 0 Å². The van der Waals surface area contributed by atoms with Crippen LogP contribution in [-0.2, 0) is 56.8 Å². The molecule has 9 N–H and O–H groups in total. The molecule has 0 spiro atoms. The molecule has 0 rings (SSSR count). The Morgan fingerprint density at radius 2 is 0.603 bits per heavy atom. The van der Waals surface area contributed by atoms with Crippen LogP contribution in [-0.4, -0.2) is 181 Å². The summed E-state index contributed by atoms with van der Waals surface area (Å²) in [4.78, 5) is 0. The first kappa shape index (κ1) is 75.1. The fraction of sp³-hybridized carbons (Fsp3) is 0.895. The summed E-state index contributed by atoms with van der Waals surface area (Å²) in [5, 5.41) is 17.9. The van der Waals surface area contributed by atoms with Crippen molar-refractivity contribution in [2.24, 2.45) is 63.1 Å². The smallest absolute Gasteiger partial charge is 0.107 e. The van der Waals surface area contributed by atoms with Gasteiger partial charge < -0.3 is 84.3 Å². The predicted octanol–water partition coefficient (Wildman–Crippen LogP) is 8.04. The van der Waals surface area contributed by atoms with E-state index in [-0.39, 0.29) is 45.3 Å². The van der Waals surface area contributed by atoms with E-state index in [0.717, 1.165) is 0 Å². The molecule has 0 aliphatic rings. The van der Waals surface area contributed by atoms with Crippen LogP contribution in [0.4, 0.5) is 0 Å². The summed E-state index contributed by atoms with van der Waals surface area (Å²) in [5.74, 6) is 2.29. The van der Waals surface area contributed by atoms with Crippen LogP contribution >= 0.6 is 0 Å². The Bertz CT molecular complexity index is 1540. The second-order valence-corrected chi connectivity index (χ2v) is 24.0. The van der Waals surface area contributed by atoms with Crippen molar-refractivity contribution in [1.29, 1.82) is 11.1 Å². The standard InChI is InChI=1S/C57H115N9O12/c1-17-67-35-55(37-69-22-44(3)4,38-70-23-45(5)6)62-19-51(58)29-76-32-54(59,33-77-30-52(65-60)20-63-56(36-68-18-2,39-71-24-46(7)8)40-72-25-47(9)10)34-78-31-53(66-61)21-64-57(41-73-26-48(11)12,42-74-27-49(13)14)43-75-28-50(15)16/h19-21,44-50,60-64H,17-18,22-43,58-59H2,1-16H3/b51-19-,52-20-,53-21-,65-60?,66-61?. The van der Waals surface area contributed by atoms with E-state index in [2.05, 4.69) is 123 Å². The fourth-order valence-corrected chi connectivity index (χ4v) is 6.96. The van der Waals surface area contributed by atoms with Gasteiger partial charge in [0, 0.05) is 78.1 Å². The van der Waals surface area contributed by atoms with Crippen LogP contribution in [0.1, 0.15) is 111 Å². The first-order chi connectivity index (χ1) is 36.9. The molecule has 0 saturated heterocycles. The summed E-state index contributed by atoms with van der Waals surface area (Å²) in [6.07, 6.45) is 4.98. The molecule has 0 aromatic rings. The summed E-state index contributed by atoms with van der Waals surface area (Å²) in [6, 6.07) is 0. The Morgan fingerprint density at radius 3 is 0.833 bits per heavy atom. The van der Waals surface area contributed by atoms with E-state index in [1.807, 2.05) is 13.8 Å². The third kappa shape index (κ3) is 38.7. The lowest BCUT2D eigenvalue weighted by Gasteiger charge is -2.35. The lowest BCUT2D eigenvalue weighted by atomic mass is 10.0. The van der Waals surface area contributed by atoms with Crippen molar-refractivity contribution in [2.75, 3.05) is 159 Å². The molecule has 78 heavy (non-hydrogen) atoms. The predicted molar refractivity (Wildman–Crippen MR) is 308 cm³/mol. The lowest BCUT2D eigenvalue weighted by molar-refractivity contribution is -0.0462. The van der Waals surface area contributed by atoms with E-state index in [0.29, 0.717) is 172 Å². The molecular weight excluding hydrogens is 1000 g/mol. The zero-order chi connectivity index (χ0) is 58.9. The molecule has 0 aromatic heterocycles. The number of rotatable bonds is 54. The molecule has 460 valence electrons. The Labute approximate surface area is 472 Å². The van der Waals surface area contributed by atoms with Crippen molar-refractivity contribution in [3.63, 3.8) is 0 Å². The highest BCUT2D eigenvalue weighted by Gasteiger charge is 2.34. The maximum absolute atomic E-state index is 8.14. The van der Waals surface area contributed by atoms with E-state index in [1.54, 1.807) is 18.6 Å². The quantitative estimate of drug-likeness (QED) is 0.0284. The summed E-state index contributed by atoms with van der Waals surface area (Å²) < 4.78 is 73.7. The Kier molecular flexibility index (Phi) is 42.2. The van der Waals surface area contributed by atoms with Gasteiger partial charge in [-0.05, 0) is 55.3 Å². The summed E-state index contributed by atoms with van der Waals surface area (Å²) in [7, 11) is 0. The molecule has 0 aliphatic heterocycles. The second kappa shape index (κ2) is 43.8.